The molecule has 6 heteroatoms. The van der Waals surface area contributed by atoms with Crippen LogP contribution in [0, 0.1) is 5.82 Å². The van der Waals surface area contributed by atoms with Gasteiger partial charge in [0.15, 0.2) is 11.5 Å². The summed E-state index contributed by atoms with van der Waals surface area (Å²) in [5, 5.41) is 2.65. The van der Waals surface area contributed by atoms with Crippen LogP contribution in [0.4, 0.5) is 4.39 Å². The van der Waals surface area contributed by atoms with Crippen molar-refractivity contribution < 1.29 is 13.7 Å². The van der Waals surface area contributed by atoms with Crippen molar-refractivity contribution in [3.63, 3.8) is 0 Å². The molecule has 3 nitrogen and oxygen atoms in total. The van der Waals surface area contributed by atoms with Crippen molar-refractivity contribution in [1.29, 1.82) is 0 Å². The SMILES string of the molecule is O=C(Cl)c1noc(-c2ccc(F)cc2)c1Cl. The number of hydrogen-bond acceptors (Lipinski definition) is 3. The minimum atomic E-state index is -0.804. The predicted molar refractivity (Wildman–Crippen MR) is 57.1 cm³/mol. The largest absolute Gasteiger partial charge is 0.354 e. The topological polar surface area (TPSA) is 43.1 Å². The first-order valence-corrected chi connectivity index (χ1v) is 4.96. The van der Waals surface area contributed by atoms with Gasteiger partial charge in [-0.25, -0.2) is 4.39 Å². The molecule has 0 radical (unpaired) electrons. The van der Waals surface area contributed by atoms with Gasteiger partial charge in [-0.2, -0.15) is 0 Å². The molecule has 0 unspecified atom stereocenters. The standard InChI is InChI=1S/C10H4Cl2FNO2/c11-7-8(10(12)15)14-16-9(7)5-1-3-6(13)4-2-5/h1-4H. The summed E-state index contributed by atoms with van der Waals surface area (Å²) in [5.74, 6) is -0.196. The number of aromatic nitrogens is 1. The quantitative estimate of drug-likeness (QED) is 0.776. The van der Waals surface area contributed by atoms with E-state index in [1.165, 1.54) is 24.3 Å². The van der Waals surface area contributed by atoms with E-state index in [1.807, 2.05) is 0 Å². The Bertz CT molecular complexity index is 536. The van der Waals surface area contributed by atoms with Crippen LogP contribution in [0.15, 0.2) is 28.8 Å². The number of benzene rings is 1. The van der Waals surface area contributed by atoms with Crippen LogP contribution in [0.2, 0.25) is 5.02 Å². The molecule has 2 aromatic rings. The van der Waals surface area contributed by atoms with Gasteiger partial charge in [-0.3, -0.25) is 4.79 Å². The number of carbonyl (C=O) groups is 1. The van der Waals surface area contributed by atoms with E-state index in [9.17, 15) is 9.18 Å². The minimum absolute atomic E-state index is 0.0200. The van der Waals surface area contributed by atoms with Gasteiger partial charge in [0, 0.05) is 5.56 Å². The molecule has 0 aliphatic heterocycles. The molecule has 82 valence electrons. The minimum Gasteiger partial charge on any atom is -0.354 e. The highest BCUT2D eigenvalue weighted by Gasteiger charge is 2.19. The van der Waals surface area contributed by atoms with E-state index in [0.29, 0.717) is 5.56 Å². The lowest BCUT2D eigenvalue weighted by molar-refractivity contribution is 0.107. The van der Waals surface area contributed by atoms with Crippen LogP contribution in [-0.4, -0.2) is 10.4 Å². The van der Waals surface area contributed by atoms with Crippen molar-refractivity contribution in [3.05, 3.63) is 40.8 Å². The van der Waals surface area contributed by atoms with Gasteiger partial charge in [0.2, 0.25) is 0 Å². The smallest absolute Gasteiger partial charge is 0.275 e. The Morgan fingerprint density at radius 1 is 1.31 bits per heavy atom. The Morgan fingerprint density at radius 3 is 2.44 bits per heavy atom. The van der Waals surface area contributed by atoms with E-state index in [1.54, 1.807) is 0 Å². The Kier molecular flexibility index (Phi) is 2.94. The molecular weight excluding hydrogens is 256 g/mol. The first-order valence-electron chi connectivity index (χ1n) is 4.20. The lowest BCUT2D eigenvalue weighted by atomic mass is 10.1. The van der Waals surface area contributed by atoms with Crippen molar-refractivity contribution in [3.8, 4) is 11.3 Å². The molecule has 0 aliphatic rings. The predicted octanol–water partition coefficient (Wildman–Crippen LogP) is 3.51. The van der Waals surface area contributed by atoms with E-state index < -0.39 is 5.24 Å². The summed E-state index contributed by atoms with van der Waals surface area (Å²) in [4.78, 5) is 10.9. The van der Waals surface area contributed by atoms with Crippen LogP contribution in [-0.2, 0) is 0 Å². The van der Waals surface area contributed by atoms with E-state index in [-0.39, 0.29) is 22.3 Å². The Morgan fingerprint density at radius 2 is 1.94 bits per heavy atom. The molecule has 0 aliphatic carbocycles. The van der Waals surface area contributed by atoms with Gasteiger partial charge in [-0.15, -0.1) is 0 Å². The average molecular weight is 260 g/mol. The molecule has 0 atom stereocenters. The van der Waals surface area contributed by atoms with Crippen molar-refractivity contribution in [2.45, 2.75) is 0 Å². The van der Waals surface area contributed by atoms with Gasteiger partial charge >= 0.3 is 0 Å². The summed E-state index contributed by atoms with van der Waals surface area (Å²) in [6.07, 6.45) is 0. The van der Waals surface area contributed by atoms with E-state index >= 15 is 0 Å². The molecule has 0 saturated heterocycles. The fourth-order valence-electron chi connectivity index (χ4n) is 1.18. The van der Waals surface area contributed by atoms with E-state index in [4.69, 9.17) is 27.7 Å². The fraction of sp³-hybridized carbons (Fsp3) is 0. The normalized spacial score (nSPS) is 10.4. The van der Waals surface area contributed by atoms with Crippen LogP contribution >= 0.6 is 23.2 Å². The summed E-state index contributed by atoms with van der Waals surface area (Å²) < 4.78 is 17.6. The molecule has 0 N–H and O–H groups in total. The zero-order valence-electron chi connectivity index (χ0n) is 7.71. The summed E-state index contributed by atoms with van der Waals surface area (Å²) in [7, 11) is 0. The molecule has 0 fully saturated rings. The number of nitrogens with zero attached hydrogens (tertiary/aromatic N) is 1. The fourth-order valence-corrected chi connectivity index (χ4v) is 1.62. The first kappa shape index (κ1) is 11.1. The highest BCUT2D eigenvalue weighted by atomic mass is 35.5. The van der Waals surface area contributed by atoms with Gasteiger partial charge in [-0.05, 0) is 35.9 Å². The Hall–Kier alpha value is -1.39. The van der Waals surface area contributed by atoms with Crippen molar-refractivity contribution in [2.75, 3.05) is 0 Å². The van der Waals surface area contributed by atoms with Crippen molar-refractivity contribution in [2.24, 2.45) is 0 Å². The van der Waals surface area contributed by atoms with Crippen LogP contribution in [0.3, 0.4) is 0 Å². The highest BCUT2D eigenvalue weighted by molar-refractivity contribution is 6.68. The second kappa shape index (κ2) is 4.23. The number of halogens is 3. The molecule has 1 aromatic heterocycles. The molecule has 1 aromatic carbocycles. The summed E-state index contributed by atoms with van der Waals surface area (Å²) in [5.41, 5.74) is 0.366. The van der Waals surface area contributed by atoms with E-state index in [0.717, 1.165) is 0 Å². The highest BCUT2D eigenvalue weighted by Crippen LogP contribution is 2.31. The summed E-state index contributed by atoms with van der Waals surface area (Å²) in [6.45, 7) is 0. The van der Waals surface area contributed by atoms with Gasteiger partial charge in [0.1, 0.15) is 10.8 Å². The molecule has 0 saturated carbocycles. The number of hydrogen-bond donors (Lipinski definition) is 0. The third-order valence-electron chi connectivity index (χ3n) is 1.93. The van der Waals surface area contributed by atoms with Gasteiger partial charge < -0.3 is 4.52 Å². The third kappa shape index (κ3) is 1.94. The summed E-state index contributed by atoms with van der Waals surface area (Å²) in [6, 6.07) is 5.42. The molecular formula is C10H4Cl2FNO2. The second-order valence-electron chi connectivity index (χ2n) is 2.95. The second-order valence-corrected chi connectivity index (χ2v) is 3.68. The van der Waals surface area contributed by atoms with Crippen LogP contribution in [0.1, 0.15) is 10.5 Å². The Balaban J connectivity index is 2.49. The van der Waals surface area contributed by atoms with Crippen molar-refractivity contribution >= 4 is 28.4 Å². The molecule has 16 heavy (non-hydrogen) atoms. The van der Waals surface area contributed by atoms with Gasteiger partial charge in [0.25, 0.3) is 5.24 Å². The van der Waals surface area contributed by atoms with Crippen molar-refractivity contribution in [1.82, 2.24) is 5.16 Å². The zero-order valence-corrected chi connectivity index (χ0v) is 9.22. The van der Waals surface area contributed by atoms with Crippen LogP contribution in [0.25, 0.3) is 11.3 Å². The van der Waals surface area contributed by atoms with Gasteiger partial charge in [-0.1, -0.05) is 16.8 Å². The van der Waals surface area contributed by atoms with Crippen LogP contribution in [0.5, 0.6) is 0 Å². The zero-order chi connectivity index (χ0) is 11.7. The maximum absolute atomic E-state index is 12.7. The van der Waals surface area contributed by atoms with E-state index in [2.05, 4.69) is 5.16 Å². The monoisotopic (exact) mass is 259 g/mol. The number of carbonyl (C=O) groups excluding carboxylic acids is 1. The maximum Gasteiger partial charge on any atom is 0.275 e. The molecule has 2 rings (SSSR count). The Labute approximate surface area is 99.8 Å². The maximum atomic E-state index is 12.7. The van der Waals surface area contributed by atoms with Gasteiger partial charge in [0.05, 0.1) is 0 Å². The number of rotatable bonds is 2. The third-order valence-corrected chi connectivity index (χ3v) is 2.46. The molecule has 0 bridgehead atoms. The molecule has 0 amide bonds. The molecule has 1 heterocycles. The van der Waals surface area contributed by atoms with Crippen LogP contribution < -0.4 is 0 Å². The molecule has 0 spiro atoms. The first-order chi connectivity index (χ1) is 7.59. The lowest BCUT2D eigenvalue weighted by Gasteiger charge is -1.95. The average Bonchev–Trinajstić information content (AvgIpc) is 2.61. The summed E-state index contributed by atoms with van der Waals surface area (Å²) >= 11 is 11.1. The lowest BCUT2D eigenvalue weighted by Crippen LogP contribution is -1.88.